The number of hydrogen-bond donors (Lipinski definition) is 0. The number of hydrogen-bond acceptors (Lipinski definition) is 2. The van der Waals surface area contributed by atoms with E-state index < -0.39 is 0 Å². The molecule has 13 heavy (non-hydrogen) atoms. The average molecular weight is 200 g/mol. The van der Waals surface area contributed by atoms with Crippen LogP contribution in [0.3, 0.4) is 0 Å². The number of rotatable bonds is 4. The van der Waals surface area contributed by atoms with E-state index in [2.05, 4.69) is 18.8 Å². The average Bonchev–Trinajstić information content (AvgIpc) is 2.15. The molecular weight excluding hydrogens is 186 g/mol. The van der Waals surface area contributed by atoms with Crippen LogP contribution in [0.1, 0.15) is 19.4 Å². The zero-order chi connectivity index (χ0) is 9.68. The van der Waals surface area contributed by atoms with E-state index in [0.717, 1.165) is 5.56 Å². The minimum absolute atomic E-state index is 0.446. The highest BCUT2D eigenvalue weighted by Crippen LogP contribution is 2.16. The van der Waals surface area contributed by atoms with Gasteiger partial charge in [-0.25, -0.2) is 4.98 Å². The molecule has 72 valence electrons. The topological polar surface area (TPSA) is 22.1 Å². The summed E-state index contributed by atoms with van der Waals surface area (Å²) in [7, 11) is 0. The van der Waals surface area contributed by atoms with Gasteiger partial charge in [0, 0.05) is 11.8 Å². The summed E-state index contributed by atoms with van der Waals surface area (Å²) < 4.78 is 5.49. The number of nitrogens with zero attached hydrogens (tertiary/aromatic N) is 1. The van der Waals surface area contributed by atoms with Crippen LogP contribution in [0.2, 0.25) is 0 Å². The summed E-state index contributed by atoms with van der Waals surface area (Å²) in [6, 6.07) is 3.79. The minimum atomic E-state index is 0.446. The van der Waals surface area contributed by atoms with Crippen molar-refractivity contribution in [3.63, 3.8) is 0 Å². The minimum Gasteiger partial charge on any atom is -0.477 e. The second-order valence-electron chi connectivity index (χ2n) is 3.31. The molecule has 2 nitrogen and oxygen atoms in total. The maximum Gasteiger partial charge on any atom is 0.217 e. The summed E-state index contributed by atoms with van der Waals surface area (Å²) in [4.78, 5) is 4.11. The first-order chi connectivity index (χ1) is 6.24. The lowest BCUT2D eigenvalue weighted by Crippen LogP contribution is -2.06. The molecule has 0 spiro atoms. The highest BCUT2D eigenvalue weighted by atomic mass is 35.5. The van der Waals surface area contributed by atoms with E-state index in [1.54, 1.807) is 6.20 Å². The van der Waals surface area contributed by atoms with Crippen LogP contribution in [0.15, 0.2) is 18.3 Å². The maximum absolute atomic E-state index is 5.73. The van der Waals surface area contributed by atoms with Crippen molar-refractivity contribution in [1.82, 2.24) is 4.98 Å². The van der Waals surface area contributed by atoms with Crippen LogP contribution < -0.4 is 4.74 Å². The van der Waals surface area contributed by atoms with Crippen LogP contribution in [0.4, 0.5) is 0 Å². The summed E-state index contributed by atoms with van der Waals surface area (Å²) in [6.07, 6.45) is 1.71. The van der Waals surface area contributed by atoms with Gasteiger partial charge in [0.25, 0.3) is 0 Å². The van der Waals surface area contributed by atoms with Crippen molar-refractivity contribution in [2.75, 3.05) is 6.61 Å². The largest absolute Gasteiger partial charge is 0.477 e. The van der Waals surface area contributed by atoms with Crippen molar-refractivity contribution in [2.24, 2.45) is 5.92 Å². The Morgan fingerprint density at radius 3 is 2.92 bits per heavy atom. The molecule has 1 aromatic rings. The Morgan fingerprint density at radius 2 is 2.31 bits per heavy atom. The summed E-state index contributed by atoms with van der Waals surface area (Å²) in [5.74, 6) is 1.61. The van der Waals surface area contributed by atoms with Crippen LogP contribution in [0, 0.1) is 5.92 Å². The first kappa shape index (κ1) is 10.3. The monoisotopic (exact) mass is 199 g/mol. The lowest BCUT2D eigenvalue weighted by Gasteiger charge is -2.09. The Hall–Kier alpha value is -0.760. The second kappa shape index (κ2) is 5.07. The van der Waals surface area contributed by atoms with Crippen molar-refractivity contribution in [1.29, 1.82) is 0 Å². The van der Waals surface area contributed by atoms with Crippen molar-refractivity contribution in [3.05, 3.63) is 23.9 Å². The fourth-order valence-electron chi connectivity index (χ4n) is 0.901. The molecule has 0 radical (unpaired) electrons. The number of ether oxygens (including phenoxy) is 1. The van der Waals surface area contributed by atoms with E-state index >= 15 is 0 Å². The molecule has 0 amide bonds. The van der Waals surface area contributed by atoms with E-state index in [-0.39, 0.29) is 0 Å². The van der Waals surface area contributed by atoms with E-state index in [0.29, 0.717) is 24.3 Å². The van der Waals surface area contributed by atoms with Crippen molar-refractivity contribution >= 4 is 11.6 Å². The van der Waals surface area contributed by atoms with Gasteiger partial charge in [0.05, 0.1) is 12.5 Å². The van der Waals surface area contributed by atoms with E-state index in [1.165, 1.54) is 0 Å². The van der Waals surface area contributed by atoms with Gasteiger partial charge in [0.2, 0.25) is 5.88 Å². The van der Waals surface area contributed by atoms with Crippen LogP contribution >= 0.6 is 11.6 Å². The fraction of sp³-hybridized carbons (Fsp3) is 0.500. The Bertz CT molecular complexity index is 263. The Balaban J connectivity index is 2.64. The summed E-state index contributed by atoms with van der Waals surface area (Å²) >= 11 is 5.73. The molecule has 0 saturated carbocycles. The third-order valence-electron chi connectivity index (χ3n) is 1.55. The van der Waals surface area contributed by atoms with Crippen LogP contribution in [0.25, 0.3) is 0 Å². The first-order valence-corrected chi connectivity index (χ1v) is 4.90. The maximum atomic E-state index is 5.73. The highest BCUT2D eigenvalue weighted by molar-refractivity contribution is 6.17. The third kappa shape index (κ3) is 3.23. The van der Waals surface area contributed by atoms with Crippen LogP contribution in [0.5, 0.6) is 5.88 Å². The van der Waals surface area contributed by atoms with E-state index in [4.69, 9.17) is 16.3 Å². The lowest BCUT2D eigenvalue weighted by atomic mass is 10.2. The number of pyridine rings is 1. The quantitative estimate of drug-likeness (QED) is 0.696. The lowest BCUT2D eigenvalue weighted by molar-refractivity contribution is 0.259. The molecule has 0 aliphatic carbocycles. The van der Waals surface area contributed by atoms with Gasteiger partial charge in [-0.05, 0) is 12.0 Å². The normalized spacial score (nSPS) is 10.5. The van der Waals surface area contributed by atoms with E-state index in [9.17, 15) is 0 Å². The summed E-state index contributed by atoms with van der Waals surface area (Å²) in [5, 5.41) is 0. The van der Waals surface area contributed by atoms with Crippen molar-refractivity contribution in [3.8, 4) is 5.88 Å². The molecule has 1 aromatic heterocycles. The Labute approximate surface area is 83.9 Å². The SMILES string of the molecule is CC(C)COc1ncccc1CCl. The van der Waals surface area contributed by atoms with Gasteiger partial charge in [-0.15, -0.1) is 11.6 Å². The van der Waals surface area contributed by atoms with Crippen molar-refractivity contribution < 1.29 is 4.74 Å². The molecule has 0 aliphatic heterocycles. The molecular formula is C10H14ClNO. The Morgan fingerprint density at radius 1 is 1.54 bits per heavy atom. The van der Waals surface area contributed by atoms with Crippen LogP contribution in [-0.4, -0.2) is 11.6 Å². The molecule has 0 atom stereocenters. The molecule has 0 N–H and O–H groups in total. The van der Waals surface area contributed by atoms with Crippen molar-refractivity contribution in [2.45, 2.75) is 19.7 Å². The molecule has 0 aliphatic rings. The standard InChI is InChI=1S/C10H14ClNO/c1-8(2)7-13-10-9(6-11)4-3-5-12-10/h3-5,8H,6-7H2,1-2H3. The molecule has 3 heteroatoms. The summed E-state index contributed by atoms with van der Waals surface area (Å²) in [6.45, 7) is 4.88. The molecule has 0 aromatic carbocycles. The molecule has 0 unspecified atom stereocenters. The van der Waals surface area contributed by atoms with Gasteiger partial charge in [-0.3, -0.25) is 0 Å². The number of halogens is 1. The molecule has 0 bridgehead atoms. The predicted octanol–water partition coefficient (Wildman–Crippen LogP) is 2.86. The third-order valence-corrected chi connectivity index (χ3v) is 1.84. The van der Waals surface area contributed by atoms with Gasteiger partial charge in [-0.1, -0.05) is 19.9 Å². The van der Waals surface area contributed by atoms with E-state index in [1.807, 2.05) is 12.1 Å². The van der Waals surface area contributed by atoms with Gasteiger partial charge in [0.1, 0.15) is 0 Å². The van der Waals surface area contributed by atoms with Gasteiger partial charge < -0.3 is 4.74 Å². The Kier molecular flexibility index (Phi) is 4.03. The number of alkyl halides is 1. The number of aromatic nitrogens is 1. The predicted molar refractivity (Wildman–Crippen MR) is 54.1 cm³/mol. The fourth-order valence-corrected chi connectivity index (χ4v) is 1.10. The smallest absolute Gasteiger partial charge is 0.217 e. The first-order valence-electron chi connectivity index (χ1n) is 4.36. The summed E-state index contributed by atoms with van der Waals surface area (Å²) in [5.41, 5.74) is 0.949. The highest BCUT2D eigenvalue weighted by Gasteiger charge is 2.03. The van der Waals surface area contributed by atoms with Crippen LogP contribution in [-0.2, 0) is 5.88 Å². The molecule has 1 heterocycles. The zero-order valence-electron chi connectivity index (χ0n) is 7.96. The van der Waals surface area contributed by atoms with Gasteiger partial charge >= 0.3 is 0 Å². The van der Waals surface area contributed by atoms with Gasteiger partial charge in [-0.2, -0.15) is 0 Å². The second-order valence-corrected chi connectivity index (χ2v) is 3.57. The molecule has 0 saturated heterocycles. The zero-order valence-corrected chi connectivity index (χ0v) is 8.71. The van der Waals surface area contributed by atoms with Gasteiger partial charge in [0.15, 0.2) is 0 Å². The molecule has 1 rings (SSSR count). The molecule has 0 fully saturated rings.